The van der Waals surface area contributed by atoms with Crippen molar-refractivity contribution < 1.29 is 13.5 Å². The first-order valence-corrected chi connectivity index (χ1v) is 9.03. The van der Waals surface area contributed by atoms with Gasteiger partial charge in [0.1, 0.15) is 0 Å². The molecule has 1 heterocycles. The largest absolute Gasteiger partial charge is 0.392 e. The molecule has 6 heteroatoms. The second-order valence-electron chi connectivity index (χ2n) is 5.69. The van der Waals surface area contributed by atoms with Gasteiger partial charge in [0.2, 0.25) is 10.0 Å². The predicted octanol–water partition coefficient (Wildman–Crippen LogP) is 2.00. The van der Waals surface area contributed by atoms with Crippen LogP contribution in [0.4, 0.5) is 0 Å². The van der Waals surface area contributed by atoms with E-state index in [2.05, 4.69) is 13.8 Å². The Morgan fingerprint density at radius 2 is 2.10 bits per heavy atom. The molecular weight excluding hydrogens is 294 g/mol. The number of thioether (sulfide) groups is 1. The number of sulfonamides is 1. The molecule has 1 aromatic carbocycles. The first-order chi connectivity index (χ1) is 9.26. The van der Waals surface area contributed by atoms with Gasteiger partial charge in [-0.2, -0.15) is 16.1 Å². The molecule has 0 bridgehead atoms. The number of hydrogen-bond donors (Lipinski definition) is 1. The maximum absolute atomic E-state index is 12.7. The minimum atomic E-state index is -3.47. The number of benzene rings is 1. The summed E-state index contributed by atoms with van der Waals surface area (Å²) in [6, 6.07) is 4.96. The lowest BCUT2D eigenvalue weighted by atomic mass is 10.1. The summed E-state index contributed by atoms with van der Waals surface area (Å²) >= 11 is 1.80. The maximum atomic E-state index is 12.7. The Hall–Kier alpha value is -0.560. The molecule has 1 aliphatic heterocycles. The maximum Gasteiger partial charge on any atom is 0.243 e. The van der Waals surface area contributed by atoms with E-state index in [9.17, 15) is 13.5 Å². The van der Waals surface area contributed by atoms with Crippen LogP contribution in [-0.4, -0.2) is 41.4 Å². The molecule has 20 heavy (non-hydrogen) atoms. The summed E-state index contributed by atoms with van der Waals surface area (Å²) in [6.45, 7) is 6.90. The molecule has 0 atom stereocenters. The SMILES string of the molecule is Cc1ccc(S(=O)(=O)N2CCSC(C)(C)C2)cc1CO. The topological polar surface area (TPSA) is 57.6 Å². The fourth-order valence-corrected chi connectivity index (χ4v) is 5.27. The number of aliphatic hydroxyl groups excluding tert-OH is 1. The van der Waals surface area contributed by atoms with Crippen molar-refractivity contribution in [2.75, 3.05) is 18.8 Å². The Morgan fingerprint density at radius 1 is 1.40 bits per heavy atom. The Bertz CT molecular complexity index is 596. The van der Waals surface area contributed by atoms with Crippen molar-refractivity contribution in [2.45, 2.75) is 37.0 Å². The van der Waals surface area contributed by atoms with Gasteiger partial charge in [0, 0.05) is 23.6 Å². The summed E-state index contributed by atoms with van der Waals surface area (Å²) in [5.74, 6) is 0.810. The lowest BCUT2D eigenvalue weighted by Crippen LogP contribution is -2.46. The Labute approximate surface area is 125 Å². The molecule has 1 fully saturated rings. The highest BCUT2D eigenvalue weighted by molar-refractivity contribution is 8.00. The molecule has 112 valence electrons. The summed E-state index contributed by atoms with van der Waals surface area (Å²) in [7, 11) is -3.47. The highest BCUT2D eigenvalue weighted by Gasteiger charge is 2.34. The van der Waals surface area contributed by atoms with Crippen LogP contribution in [0.25, 0.3) is 0 Å². The van der Waals surface area contributed by atoms with Crippen LogP contribution in [0.1, 0.15) is 25.0 Å². The Balaban J connectivity index is 2.35. The minimum Gasteiger partial charge on any atom is -0.392 e. The summed E-state index contributed by atoms with van der Waals surface area (Å²) in [5, 5.41) is 9.29. The Morgan fingerprint density at radius 3 is 2.70 bits per heavy atom. The van der Waals surface area contributed by atoms with E-state index in [1.807, 2.05) is 6.92 Å². The van der Waals surface area contributed by atoms with Crippen LogP contribution in [0.3, 0.4) is 0 Å². The average molecular weight is 315 g/mol. The van der Waals surface area contributed by atoms with Gasteiger partial charge in [-0.05, 0) is 44.0 Å². The van der Waals surface area contributed by atoms with Crippen molar-refractivity contribution in [1.29, 1.82) is 0 Å². The van der Waals surface area contributed by atoms with Gasteiger partial charge in [0.05, 0.1) is 11.5 Å². The lowest BCUT2D eigenvalue weighted by Gasteiger charge is -2.36. The zero-order chi connectivity index (χ0) is 15.0. The molecule has 0 aliphatic carbocycles. The summed E-state index contributed by atoms with van der Waals surface area (Å²) in [4.78, 5) is 0.273. The van der Waals surface area contributed by atoms with E-state index < -0.39 is 10.0 Å². The second kappa shape index (κ2) is 5.67. The van der Waals surface area contributed by atoms with Crippen molar-refractivity contribution in [3.63, 3.8) is 0 Å². The molecule has 0 amide bonds. The van der Waals surface area contributed by atoms with E-state index in [0.29, 0.717) is 18.7 Å². The van der Waals surface area contributed by atoms with E-state index in [0.717, 1.165) is 11.3 Å². The number of aliphatic hydroxyl groups is 1. The van der Waals surface area contributed by atoms with Crippen LogP contribution in [0, 0.1) is 6.92 Å². The van der Waals surface area contributed by atoms with Gasteiger partial charge >= 0.3 is 0 Å². The van der Waals surface area contributed by atoms with Crippen molar-refractivity contribution >= 4 is 21.8 Å². The summed E-state index contributed by atoms with van der Waals surface area (Å²) in [6.07, 6.45) is 0. The standard InChI is InChI=1S/C14H21NO3S2/c1-11-4-5-13(8-12(11)9-16)20(17,18)15-6-7-19-14(2,3)10-15/h4-5,8,16H,6-7,9-10H2,1-3H3. The third-order valence-electron chi connectivity index (χ3n) is 3.52. The molecule has 1 N–H and O–H groups in total. The number of rotatable bonds is 3. The van der Waals surface area contributed by atoms with E-state index in [4.69, 9.17) is 0 Å². The number of aryl methyl sites for hydroxylation is 1. The zero-order valence-electron chi connectivity index (χ0n) is 12.1. The fraction of sp³-hybridized carbons (Fsp3) is 0.571. The smallest absolute Gasteiger partial charge is 0.243 e. The van der Waals surface area contributed by atoms with Gasteiger partial charge in [-0.25, -0.2) is 8.42 Å². The quantitative estimate of drug-likeness (QED) is 0.927. The number of hydrogen-bond acceptors (Lipinski definition) is 4. The molecule has 0 aromatic heterocycles. The molecular formula is C14H21NO3S2. The van der Waals surface area contributed by atoms with E-state index in [1.54, 1.807) is 34.3 Å². The van der Waals surface area contributed by atoms with Crippen LogP contribution >= 0.6 is 11.8 Å². The molecule has 0 spiro atoms. The molecule has 0 saturated carbocycles. The molecule has 0 radical (unpaired) electrons. The van der Waals surface area contributed by atoms with Crippen LogP contribution < -0.4 is 0 Å². The molecule has 1 saturated heterocycles. The Kier molecular flexibility index (Phi) is 4.49. The van der Waals surface area contributed by atoms with Crippen molar-refractivity contribution in [2.24, 2.45) is 0 Å². The van der Waals surface area contributed by atoms with Crippen molar-refractivity contribution in [3.05, 3.63) is 29.3 Å². The highest BCUT2D eigenvalue weighted by atomic mass is 32.2. The average Bonchev–Trinajstić information content (AvgIpc) is 2.37. The minimum absolute atomic E-state index is 0.0597. The van der Waals surface area contributed by atoms with Crippen molar-refractivity contribution in [3.8, 4) is 0 Å². The molecule has 1 aromatic rings. The first kappa shape index (κ1) is 15.8. The number of nitrogens with zero attached hydrogens (tertiary/aromatic N) is 1. The summed E-state index contributed by atoms with van der Waals surface area (Å²) < 4.78 is 26.9. The normalized spacial score (nSPS) is 20.0. The summed E-state index contributed by atoms with van der Waals surface area (Å²) in [5.41, 5.74) is 1.57. The third-order valence-corrected chi connectivity index (χ3v) is 6.66. The van der Waals surface area contributed by atoms with E-state index >= 15 is 0 Å². The highest BCUT2D eigenvalue weighted by Crippen LogP contribution is 2.32. The molecule has 2 rings (SSSR count). The molecule has 1 aliphatic rings. The van der Waals surface area contributed by atoms with E-state index in [-0.39, 0.29) is 16.2 Å². The van der Waals surface area contributed by atoms with Gasteiger partial charge in [-0.15, -0.1) is 0 Å². The van der Waals surface area contributed by atoms with Crippen LogP contribution in [0.5, 0.6) is 0 Å². The lowest BCUT2D eigenvalue weighted by molar-refractivity contribution is 0.280. The zero-order valence-corrected chi connectivity index (χ0v) is 13.7. The van der Waals surface area contributed by atoms with Gasteiger partial charge in [-0.3, -0.25) is 0 Å². The first-order valence-electron chi connectivity index (χ1n) is 6.61. The van der Waals surface area contributed by atoms with Crippen LogP contribution in [-0.2, 0) is 16.6 Å². The van der Waals surface area contributed by atoms with Crippen LogP contribution in [0.2, 0.25) is 0 Å². The predicted molar refractivity (Wildman–Crippen MR) is 82.4 cm³/mol. The van der Waals surface area contributed by atoms with Gasteiger partial charge in [0.15, 0.2) is 0 Å². The van der Waals surface area contributed by atoms with Gasteiger partial charge in [-0.1, -0.05) is 6.07 Å². The van der Waals surface area contributed by atoms with Gasteiger partial charge in [0.25, 0.3) is 0 Å². The van der Waals surface area contributed by atoms with E-state index in [1.165, 1.54) is 0 Å². The third kappa shape index (κ3) is 3.19. The van der Waals surface area contributed by atoms with Crippen LogP contribution in [0.15, 0.2) is 23.1 Å². The second-order valence-corrected chi connectivity index (χ2v) is 9.43. The molecule has 4 nitrogen and oxygen atoms in total. The van der Waals surface area contributed by atoms with Gasteiger partial charge < -0.3 is 5.11 Å². The fourth-order valence-electron chi connectivity index (χ4n) is 2.31. The van der Waals surface area contributed by atoms with Crippen molar-refractivity contribution in [1.82, 2.24) is 4.31 Å². The molecule has 0 unspecified atom stereocenters. The monoisotopic (exact) mass is 315 g/mol.